The smallest absolute Gasteiger partial charge is 0.195 e. The van der Waals surface area contributed by atoms with Gasteiger partial charge >= 0.3 is 0 Å². The van der Waals surface area contributed by atoms with Crippen LogP contribution in [0.3, 0.4) is 0 Å². The average Bonchev–Trinajstić information content (AvgIpc) is 2.74. The fourth-order valence-corrected chi connectivity index (χ4v) is 2.28. The van der Waals surface area contributed by atoms with Crippen molar-refractivity contribution in [2.75, 3.05) is 0 Å². The Morgan fingerprint density at radius 3 is 2.80 bits per heavy atom. The van der Waals surface area contributed by atoms with Crippen molar-refractivity contribution in [3.8, 4) is 0 Å². The molecule has 0 amide bonds. The molecule has 0 unspecified atom stereocenters. The highest BCUT2D eigenvalue weighted by Crippen LogP contribution is 2.22. The minimum absolute atomic E-state index is 0.164. The maximum Gasteiger partial charge on any atom is 0.195 e. The van der Waals surface area contributed by atoms with E-state index < -0.39 is 5.82 Å². The van der Waals surface area contributed by atoms with Gasteiger partial charge in [-0.1, -0.05) is 15.9 Å². The Labute approximate surface area is 98.7 Å². The largest absolute Gasteiger partial charge is 0.289 e. The lowest BCUT2D eigenvalue weighted by Crippen LogP contribution is -2.01. The highest BCUT2D eigenvalue weighted by molar-refractivity contribution is 9.10. The third-order valence-electron chi connectivity index (χ3n) is 1.96. The van der Waals surface area contributed by atoms with Gasteiger partial charge in [0.25, 0.3) is 0 Å². The molecular weight excluding hydrogens is 279 g/mol. The Balaban J connectivity index is 2.46. The summed E-state index contributed by atoms with van der Waals surface area (Å²) in [5, 5.41) is 3.57. The Morgan fingerprint density at radius 1 is 1.33 bits per heavy atom. The average molecular weight is 285 g/mol. The molecule has 2 rings (SSSR count). The number of rotatable bonds is 2. The minimum atomic E-state index is -0.406. The fraction of sp³-hybridized carbons (Fsp3) is 0. The zero-order valence-corrected chi connectivity index (χ0v) is 9.94. The minimum Gasteiger partial charge on any atom is -0.289 e. The summed E-state index contributed by atoms with van der Waals surface area (Å²) in [5.74, 6) is -0.570. The molecule has 0 saturated carbocycles. The van der Waals surface area contributed by atoms with E-state index in [9.17, 15) is 9.18 Å². The molecule has 1 heterocycles. The summed E-state index contributed by atoms with van der Waals surface area (Å²) in [6, 6.07) is 5.82. The molecule has 0 saturated heterocycles. The van der Waals surface area contributed by atoms with Crippen molar-refractivity contribution in [1.82, 2.24) is 0 Å². The van der Waals surface area contributed by atoms with E-state index in [2.05, 4.69) is 15.9 Å². The number of halogens is 2. The van der Waals surface area contributed by atoms with Crippen LogP contribution in [-0.4, -0.2) is 5.78 Å². The zero-order chi connectivity index (χ0) is 10.8. The molecule has 4 heteroatoms. The Kier molecular flexibility index (Phi) is 2.98. The normalized spacial score (nSPS) is 10.3. The van der Waals surface area contributed by atoms with Crippen molar-refractivity contribution >= 4 is 33.0 Å². The SMILES string of the molecule is O=C(c1ccsc1)c1cc(F)ccc1Br. The van der Waals surface area contributed by atoms with Gasteiger partial charge in [0.2, 0.25) is 0 Å². The van der Waals surface area contributed by atoms with Gasteiger partial charge in [-0.25, -0.2) is 4.39 Å². The van der Waals surface area contributed by atoms with Crippen LogP contribution >= 0.6 is 27.3 Å². The molecule has 0 spiro atoms. The number of ketones is 1. The van der Waals surface area contributed by atoms with Crippen LogP contribution in [0.25, 0.3) is 0 Å². The van der Waals surface area contributed by atoms with Crippen LogP contribution in [0.4, 0.5) is 4.39 Å². The molecule has 0 atom stereocenters. The summed E-state index contributed by atoms with van der Waals surface area (Å²) in [5.41, 5.74) is 0.944. The Hall–Kier alpha value is -1.00. The van der Waals surface area contributed by atoms with Crippen molar-refractivity contribution in [3.05, 3.63) is 56.4 Å². The maximum absolute atomic E-state index is 13.0. The summed E-state index contributed by atoms with van der Waals surface area (Å²) in [7, 11) is 0. The molecule has 15 heavy (non-hydrogen) atoms. The molecule has 0 bridgehead atoms. The van der Waals surface area contributed by atoms with E-state index in [-0.39, 0.29) is 5.78 Å². The first-order chi connectivity index (χ1) is 7.18. The van der Waals surface area contributed by atoms with Gasteiger partial charge in [0.15, 0.2) is 5.78 Å². The molecule has 0 aliphatic heterocycles. The third kappa shape index (κ3) is 2.16. The quantitative estimate of drug-likeness (QED) is 0.765. The Bertz CT molecular complexity index is 493. The van der Waals surface area contributed by atoms with Crippen LogP contribution in [0.5, 0.6) is 0 Å². The third-order valence-corrected chi connectivity index (χ3v) is 3.33. The molecule has 0 aliphatic rings. The summed E-state index contributed by atoms with van der Waals surface area (Å²) in [4.78, 5) is 11.9. The van der Waals surface area contributed by atoms with Gasteiger partial charge in [-0.3, -0.25) is 4.79 Å². The highest BCUT2D eigenvalue weighted by Gasteiger charge is 2.13. The molecule has 0 N–H and O–H groups in total. The number of thiophene rings is 1. The summed E-state index contributed by atoms with van der Waals surface area (Å²) in [6.45, 7) is 0. The number of benzene rings is 1. The molecule has 0 radical (unpaired) electrons. The van der Waals surface area contributed by atoms with Crippen LogP contribution in [0.1, 0.15) is 15.9 Å². The van der Waals surface area contributed by atoms with Crippen molar-refractivity contribution in [3.63, 3.8) is 0 Å². The lowest BCUT2D eigenvalue weighted by Gasteiger charge is -2.01. The number of hydrogen-bond donors (Lipinski definition) is 0. The van der Waals surface area contributed by atoms with Crippen LogP contribution in [0.2, 0.25) is 0 Å². The first-order valence-corrected chi connectivity index (χ1v) is 5.94. The number of carbonyl (C=O) groups is 1. The van der Waals surface area contributed by atoms with E-state index in [1.807, 2.05) is 5.38 Å². The molecule has 1 aromatic carbocycles. The Morgan fingerprint density at radius 2 is 2.13 bits per heavy atom. The topological polar surface area (TPSA) is 17.1 Å². The van der Waals surface area contributed by atoms with Crippen LogP contribution < -0.4 is 0 Å². The van der Waals surface area contributed by atoms with E-state index in [1.165, 1.54) is 29.5 Å². The second-order valence-electron chi connectivity index (χ2n) is 2.97. The van der Waals surface area contributed by atoms with Crippen molar-refractivity contribution < 1.29 is 9.18 Å². The van der Waals surface area contributed by atoms with Gasteiger partial charge in [0.05, 0.1) is 0 Å². The molecule has 1 nitrogen and oxygen atoms in total. The van der Waals surface area contributed by atoms with Crippen LogP contribution in [-0.2, 0) is 0 Å². The van der Waals surface area contributed by atoms with E-state index in [4.69, 9.17) is 0 Å². The van der Waals surface area contributed by atoms with Gasteiger partial charge in [0.1, 0.15) is 5.82 Å². The van der Waals surface area contributed by atoms with Gasteiger partial charge in [-0.15, -0.1) is 0 Å². The number of hydrogen-bond acceptors (Lipinski definition) is 2. The highest BCUT2D eigenvalue weighted by atomic mass is 79.9. The van der Waals surface area contributed by atoms with Crippen LogP contribution in [0.15, 0.2) is 39.5 Å². The molecule has 2 aromatic rings. The van der Waals surface area contributed by atoms with Gasteiger partial charge < -0.3 is 0 Å². The van der Waals surface area contributed by atoms with Crippen molar-refractivity contribution in [2.24, 2.45) is 0 Å². The second-order valence-corrected chi connectivity index (χ2v) is 4.60. The predicted molar refractivity (Wildman–Crippen MR) is 61.9 cm³/mol. The molecule has 0 fully saturated rings. The summed E-state index contributed by atoms with van der Waals surface area (Å²) < 4.78 is 13.6. The van der Waals surface area contributed by atoms with Crippen LogP contribution in [0, 0.1) is 5.82 Å². The zero-order valence-electron chi connectivity index (χ0n) is 7.54. The van der Waals surface area contributed by atoms with Gasteiger partial charge in [-0.2, -0.15) is 11.3 Å². The van der Waals surface area contributed by atoms with Gasteiger partial charge in [0, 0.05) is 21.0 Å². The maximum atomic E-state index is 13.0. The molecular formula is C11H6BrFOS. The first kappa shape index (κ1) is 10.5. The number of carbonyl (C=O) groups excluding carboxylic acids is 1. The lowest BCUT2D eigenvalue weighted by molar-refractivity contribution is 0.103. The predicted octanol–water partition coefficient (Wildman–Crippen LogP) is 3.88. The van der Waals surface area contributed by atoms with Crippen molar-refractivity contribution in [1.29, 1.82) is 0 Å². The van der Waals surface area contributed by atoms with E-state index in [0.717, 1.165) is 0 Å². The summed E-state index contributed by atoms with van der Waals surface area (Å²) >= 11 is 4.68. The summed E-state index contributed by atoms with van der Waals surface area (Å²) in [6.07, 6.45) is 0. The molecule has 1 aromatic heterocycles. The fourth-order valence-electron chi connectivity index (χ4n) is 1.22. The standard InChI is InChI=1S/C11H6BrFOS/c12-10-2-1-8(13)5-9(10)11(14)7-3-4-15-6-7/h1-6H. The van der Waals surface area contributed by atoms with Crippen molar-refractivity contribution in [2.45, 2.75) is 0 Å². The van der Waals surface area contributed by atoms with E-state index in [1.54, 1.807) is 11.4 Å². The van der Waals surface area contributed by atoms with Gasteiger partial charge in [-0.05, 0) is 29.6 Å². The first-order valence-electron chi connectivity index (χ1n) is 4.20. The lowest BCUT2D eigenvalue weighted by atomic mass is 10.1. The molecule has 0 aliphatic carbocycles. The van der Waals surface area contributed by atoms with E-state index >= 15 is 0 Å². The molecule has 76 valence electrons. The monoisotopic (exact) mass is 284 g/mol. The second kappa shape index (κ2) is 4.24. The van der Waals surface area contributed by atoms with E-state index in [0.29, 0.717) is 15.6 Å².